The molecule has 0 saturated heterocycles. The summed E-state index contributed by atoms with van der Waals surface area (Å²) in [5.74, 6) is 0.794. The third-order valence-electron chi connectivity index (χ3n) is 2.92. The first-order valence-electron chi connectivity index (χ1n) is 6.76. The van der Waals surface area contributed by atoms with Crippen molar-refractivity contribution in [3.05, 3.63) is 47.6 Å². The number of aromatic nitrogens is 2. The van der Waals surface area contributed by atoms with Crippen molar-refractivity contribution in [1.29, 1.82) is 0 Å². The maximum absolute atomic E-state index is 12.0. The molecule has 0 radical (unpaired) electrons. The summed E-state index contributed by atoms with van der Waals surface area (Å²) in [7, 11) is 0. The molecule has 0 aliphatic rings. The van der Waals surface area contributed by atoms with Gasteiger partial charge < -0.3 is 9.26 Å². The average molecular weight is 274 g/mol. The lowest BCUT2D eigenvalue weighted by Crippen LogP contribution is -2.06. The first-order chi connectivity index (χ1) is 9.74. The molecule has 1 heterocycles. The van der Waals surface area contributed by atoms with Crippen LogP contribution in [0.1, 0.15) is 48.4 Å². The van der Waals surface area contributed by atoms with Crippen LogP contribution in [0, 0.1) is 0 Å². The summed E-state index contributed by atoms with van der Waals surface area (Å²) < 4.78 is 10.6. The zero-order valence-corrected chi connectivity index (χ0v) is 11.7. The van der Waals surface area contributed by atoms with Gasteiger partial charge in [0.15, 0.2) is 5.78 Å². The van der Waals surface area contributed by atoms with E-state index in [1.54, 1.807) is 12.1 Å². The quantitative estimate of drug-likeness (QED) is 0.726. The lowest BCUT2D eigenvalue weighted by atomic mass is 10.1. The molecule has 0 spiro atoms. The van der Waals surface area contributed by atoms with Gasteiger partial charge in [-0.05, 0) is 13.3 Å². The van der Waals surface area contributed by atoms with E-state index >= 15 is 0 Å². The molecule has 0 bridgehead atoms. The number of hydrogen-bond donors (Lipinski definition) is 0. The fourth-order valence-electron chi connectivity index (χ4n) is 1.91. The number of carbonyl (C=O) groups excluding carboxylic acids is 1. The Balaban J connectivity index is 2.04. The van der Waals surface area contributed by atoms with Crippen molar-refractivity contribution in [3.63, 3.8) is 0 Å². The molecule has 1 atom stereocenters. The molecule has 20 heavy (non-hydrogen) atoms. The van der Waals surface area contributed by atoms with Gasteiger partial charge in [-0.15, -0.1) is 0 Å². The van der Waals surface area contributed by atoms with Gasteiger partial charge in [0.1, 0.15) is 6.10 Å². The number of hydrogen-bond acceptors (Lipinski definition) is 5. The third-order valence-corrected chi connectivity index (χ3v) is 2.92. The second kappa shape index (κ2) is 6.96. The summed E-state index contributed by atoms with van der Waals surface area (Å²) in [4.78, 5) is 16.3. The summed E-state index contributed by atoms with van der Waals surface area (Å²) >= 11 is 0. The van der Waals surface area contributed by atoms with E-state index in [0.717, 1.165) is 6.42 Å². The Morgan fingerprint density at radius 1 is 1.30 bits per heavy atom. The molecule has 0 amide bonds. The first-order valence-corrected chi connectivity index (χ1v) is 6.76. The van der Waals surface area contributed by atoms with Gasteiger partial charge >= 0.3 is 0 Å². The largest absolute Gasteiger partial charge is 0.370 e. The third kappa shape index (κ3) is 3.51. The van der Waals surface area contributed by atoms with Crippen LogP contribution in [0.15, 0.2) is 34.9 Å². The molecule has 0 fully saturated rings. The molecule has 1 aromatic heterocycles. The van der Waals surface area contributed by atoms with Gasteiger partial charge in [0.25, 0.3) is 0 Å². The van der Waals surface area contributed by atoms with Crippen LogP contribution < -0.4 is 0 Å². The highest BCUT2D eigenvalue weighted by atomic mass is 16.5. The fourth-order valence-corrected chi connectivity index (χ4v) is 1.91. The van der Waals surface area contributed by atoms with Crippen LogP contribution in [0.3, 0.4) is 0 Å². The standard InChI is InChI=1S/C15H18N2O3/c1-3-13(19-4-2)15-16-14(20-17-15)10-12(18)11-8-6-5-7-9-11/h5-9,13H,3-4,10H2,1-2H3. The van der Waals surface area contributed by atoms with E-state index in [1.807, 2.05) is 32.0 Å². The van der Waals surface area contributed by atoms with Crippen molar-refractivity contribution < 1.29 is 14.1 Å². The molecule has 2 aromatic rings. The second-order valence-corrected chi connectivity index (χ2v) is 4.36. The number of carbonyl (C=O) groups is 1. The molecular weight excluding hydrogens is 256 g/mol. The van der Waals surface area contributed by atoms with Crippen LogP contribution in [0.5, 0.6) is 0 Å². The highest BCUT2D eigenvalue weighted by Crippen LogP contribution is 2.18. The van der Waals surface area contributed by atoms with Crippen molar-refractivity contribution in [2.75, 3.05) is 6.61 Å². The van der Waals surface area contributed by atoms with Gasteiger partial charge in [-0.2, -0.15) is 4.98 Å². The minimum atomic E-state index is -0.177. The molecule has 2 rings (SSSR count). The molecule has 5 nitrogen and oxygen atoms in total. The maximum atomic E-state index is 12.0. The predicted molar refractivity (Wildman–Crippen MR) is 73.4 cm³/mol. The van der Waals surface area contributed by atoms with Crippen molar-refractivity contribution in [2.45, 2.75) is 32.8 Å². The average Bonchev–Trinajstić information content (AvgIpc) is 2.94. The van der Waals surface area contributed by atoms with E-state index in [4.69, 9.17) is 9.26 Å². The van der Waals surface area contributed by atoms with Crippen molar-refractivity contribution in [1.82, 2.24) is 10.1 Å². The Bertz CT molecular complexity index is 551. The van der Waals surface area contributed by atoms with E-state index < -0.39 is 0 Å². The molecule has 0 saturated carbocycles. The lowest BCUT2D eigenvalue weighted by Gasteiger charge is -2.09. The van der Waals surface area contributed by atoms with Gasteiger partial charge in [-0.25, -0.2) is 0 Å². The Hall–Kier alpha value is -2.01. The Labute approximate surface area is 118 Å². The lowest BCUT2D eigenvalue weighted by molar-refractivity contribution is 0.0518. The fraction of sp³-hybridized carbons (Fsp3) is 0.400. The smallest absolute Gasteiger partial charge is 0.234 e. The van der Waals surface area contributed by atoms with Gasteiger partial charge in [-0.3, -0.25) is 4.79 Å². The van der Waals surface area contributed by atoms with Gasteiger partial charge in [0.05, 0.1) is 6.42 Å². The molecule has 1 unspecified atom stereocenters. The highest BCUT2D eigenvalue weighted by Gasteiger charge is 2.18. The summed E-state index contributed by atoms with van der Waals surface area (Å²) in [6.07, 6.45) is 0.697. The number of nitrogens with zero attached hydrogens (tertiary/aromatic N) is 2. The number of ketones is 1. The Morgan fingerprint density at radius 2 is 2.05 bits per heavy atom. The number of rotatable bonds is 7. The van der Waals surface area contributed by atoms with Gasteiger partial charge in [0, 0.05) is 12.2 Å². The van der Waals surface area contributed by atoms with Crippen LogP contribution >= 0.6 is 0 Å². The Kier molecular flexibility index (Phi) is 5.01. The van der Waals surface area contributed by atoms with E-state index in [2.05, 4.69) is 10.1 Å². The van der Waals surface area contributed by atoms with E-state index in [1.165, 1.54) is 0 Å². The minimum Gasteiger partial charge on any atom is -0.370 e. The normalized spacial score (nSPS) is 12.3. The molecule has 1 aromatic carbocycles. The predicted octanol–water partition coefficient (Wildman–Crippen LogP) is 2.98. The molecule has 5 heteroatoms. The summed E-state index contributed by atoms with van der Waals surface area (Å²) in [5.41, 5.74) is 0.643. The zero-order chi connectivity index (χ0) is 14.4. The van der Waals surface area contributed by atoms with Crippen molar-refractivity contribution >= 4 is 5.78 Å². The van der Waals surface area contributed by atoms with Crippen LogP contribution in [0.2, 0.25) is 0 Å². The van der Waals surface area contributed by atoms with E-state index in [0.29, 0.717) is 23.9 Å². The summed E-state index contributed by atoms with van der Waals surface area (Å²) in [5, 5.41) is 3.89. The topological polar surface area (TPSA) is 65.2 Å². The summed E-state index contributed by atoms with van der Waals surface area (Å²) in [6, 6.07) is 9.07. The molecule has 0 aliphatic carbocycles. The number of ether oxygens (including phenoxy) is 1. The summed E-state index contributed by atoms with van der Waals surface area (Å²) in [6.45, 7) is 4.50. The maximum Gasteiger partial charge on any atom is 0.234 e. The zero-order valence-electron chi connectivity index (χ0n) is 11.7. The van der Waals surface area contributed by atoms with E-state index in [-0.39, 0.29) is 18.3 Å². The van der Waals surface area contributed by atoms with Gasteiger partial charge in [-0.1, -0.05) is 42.4 Å². The SMILES string of the molecule is CCOC(CC)c1noc(CC(=O)c2ccccc2)n1. The van der Waals surface area contributed by atoms with E-state index in [9.17, 15) is 4.79 Å². The first kappa shape index (κ1) is 14.4. The Morgan fingerprint density at radius 3 is 2.70 bits per heavy atom. The molecule has 0 aliphatic heterocycles. The van der Waals surface area contributed by atoms with Crippen molar-refractivity contribution in [2.24, 2.45) is 0 Å². The van der Waals surface area contributed by atoms with Crippen LogP contribution in [-0.2, 0) is 11.2 Å². The van der Waals surface area contributed by atoms with Gasteiger partial charge in [0.2, 0.25) is 11.7 Å². The van der Waals surface area contributed by atoms with Crippen molar-refractivity contribution in [3.8, 4) is 0 Å². The monoisotopic (exact) mass is 274 g/mol. The molecular formula is C15H18N2O3. The number of Topliss-reactive ketones (excluding diaryl/α,β-unsaturated/α-hetero) is 1. The van der Waals surface area contributed by atoms with Crippen LogP contribution in [0.25, 0.3) is 0 Å². The van der Waals surface area contributed by atoms with Crippen LogP contribution in [-0.4, -0.2) is 22.5 Å². The molecule has 106 valence electrons. The number of benzene rings is 1. The minimum absolute atomic E-state index is 0.0368. The van der Waals surface area contributed by atoms with Crippen LogP contribution in [0.4, 0.5) is 0 Å². The second-order valence-electron chi connectivity index (χ2n) is 4.36. The molecule has 0 N–H and O–H groups in total. The highest BCUT2D eigenvalue weighted by molar-refractivity contribution is 5.96.